The number of hydrogen-bond acceptors (Lipinski definition) is 6. The topological polar surface area (TPSA) is 122 Å². The van der Waals surface area contributed by atoms with Crippen LogP contribution < -0.4 is 4.72 Å². The van der Waals surface area contributed by atoms with Crippen molar-refractivity contribution < 1.29 is 21.3 Å². The summed E-state index contributed by atoms with van der Waals surface area (Å²) < 4.78 is 59.3. The van der Waals surface area contributed by atoms with E-state index in [1.54, 1.807) is 18.2 Å². The third-order valence-electron chi connectivity index (χ3n) is 6.01. The van der Waals surface area contributed by atoms with E-state index >= 15 is 0 Å². The quantitative estimate of drug-likeness (QED) is 0.319. The molecule has 0 bridgehead atoms. The summed E-state index contributed by atoms with van der Waals surface area (Å²) in [6.45, 7) is 0. The molecule has 0 radical (unpaired) electrons. The Labute approximate surface area is 206 Å². The van der Waals surface area contributed by atoms with Crippen LogP contribution in [0.5, 0.6) is 0 Å². The lowest BCUT2D eigenvalue weighted by Crippen LogP contribution is -2.16. The van der Waals surface area contributed by atoms with Crippen LogP contribution in [0.25, 0.3) is 44.1 Å². The highest BCUT2D eigenvalue weighted by molar-refractivity contribution is 7.95. The number of rotatable bonds is 5. The number of hydrogen-bond donors (Lipinski definition) is 2. The van der Waals surface area contributed by atoms with Gasteiger partial charge in [0.2, 0.25) is 0 Å². The Bertz CT molecular complexity index is 2020. The van der Waals surface area contributed by atoms with Gasteiger partial charge in [-0.25, -0.2) is 16.8 Å². The van der Waals surface area contributed by atoms with Crippen LogP contribution in [-0.4, -0.2) is 33.3 Å². The fraction of sp³-hybridized carbons (Fsp3) is 0.0385. The summed E-state index contributed by atoms with van der Waals surface area (Å²) in [5.74, 6) is 0. The average Bonchev–Trinajstić information content (AvgIpc) is 3.44. The predicted molar refractivity (Wildman–Crippen MR) is 139 cm³/mol. The molecule has 2 heterocycles. The Morgan fingerprint density at radius 3 is 2.31 bits per heavy atom. The van der Waals surface area contributed by atoms with E-state index in [-0.39, 0.29) is 15.5 Å². The molecule has 2 N–H and O–H groups in total. The number of fused-ring (bicyclic) bond motifs is 4. The van der Waals surface area contributed by atoms with Crippen molar-refractivity contribution in [3.63, 3.8) is 0 Å². The molecular weight excluding hydrogens is 498 g/mol. The number of anilines is 1. The standard InChI is InChI=1S/C26H19N3O5S2/c1-35(30,31)23-11-4-5-12-24(23)36(32,33)29-16-13-14-21-20(15-16)25(28-27-21)19-9-6-8-18-17-7-2-3-10-22(17)34-26(18)19/h2-15,29H,1H3,(H,27,28). The number of benzene rings is 4. The van der Waals surface area contributed by atoms with Crippen molar-refractivity contribution >= 4 is 58.4 Å². The maximum Gasteiger partial charge on any atom is 0.263 e. The number of para-hydroxylation sites is 2. The third kappa shape index (κ3) is 3.62. The molecule has 36 heavy (non-hydrogen) atoms. The van der Waals surface area contributed by atoms with E-state index in [1.165, 1.54) is 24.3 Å². The lowest BCUT2D eigenvalue weighted by Gasteiger charge is -2.11. The second-order valence-corrected chi connectivity index (χ2v) is 12.1. The maximum atomic E-state index is 13.2. The van der Waals surface area contributed by atoms with Gasteiger partial charge in [-0.2, -0.15) is 5.10 Å². The van der Waals surface area contributed by atoms with E-state index in [4.69, 9.17) is 4.42 Å². The van der Waals surface area contributed by atoms with Gasteiger partial charge in [-0.15, -0.1) is 0 Å². The summed E-state index contributed by atoms with van der Waals surface area (Å²) in [6.07, 6.45) is 0.976. The van der Waals surface area contributed by atoms with Crippen LogP contribution in [0.2, 0.25) is 0 Å². The third-order valence-corrected chi connectivity index (χ3v) is 8.74. The number of sulfonamides is 1. The zero-order valence-electron chi connectivity index (χ0n) is 18.9. The Morgan fingerprint density at radius 2 is 1.50 bits per heavy atom. The van der Waals surface area contributed by atoms with Crippen LogP contribution >= 0.6 is 0 Å². The van der Waals surface area contributed by atoms with Crippen molar-refractivity contribution in [3.8, 4) is 11.3 Å². The fourth-order valence-corrected chi connectivity index (χ4v) is 7.09. The zero-order chi connectivity index (χ0) is 25.1. The normalized spacial score (nSPS) is 12.5. The first kappa shape index (κ1) is 22.3. The molecule has 0 fully saturated rings. The fourth-order valence-electron chi connectivity index (χ4n) is 4.41. The molecule has 2 aromatic heterocycles. The van der Waals surface area contributed by atoms with Gasteiger partial charge in [-0.05, 0) is 42.5 Å². The Balaban J connectivity index is 1.47. The van der Waals surface area contributed by atoms with Crippen LogP contribution in [0.3, 0.4) is 0 Å². The van der Waals surface area contributed by atoms with E-state index < -0.39 is 19.9 Å². The van der Waals surface area contributed by atoms with Crippen molar-refractivity contribution in [2.75, 3.05) is 11.0 Å². The van der Waals surface area contributed by atoms with Gasteiger partial charge in [-0.3, -0.25) is 9.82 Å². The molecule has 0 unspecified atom stereocenters. The van der Waals surface area contributed by atoms with Crippen molar-refractivity contribution in [2.24, 2.45) is 0 Å². The monoisotopic (exact) mass is 517 g/mol. The van der Waals surface area contributed by atoms with Crippen LogP contribution in [-0.2, 0) is 19.9 Å². The summed E-state index contributed by atoms with van der Waals surface area (Å²) >= 11 is 0. The summed E-state index contributed by atoms with van der Waals surface area (Å²) in [5.41, 5.74) is 3.78. The number of aromatic amines is 1. The van der Waals surface area contributed by atoms with Crippen LogP contribution in [0.1, 0.15) is 0 Å². The van der Waals surface area contributed by atoms with Gasteiger partial charge in [0.05, 0.1) is 10.4 Å². The molecule has 8 nitrogen and oxygen atoms in total. The number of H-pyrrole nitrogens is 1. The minimum absolute atomic E-state index is 0.265. The molecule has 180 valence electrons. The van der Waals surface area contributed by atoms with Crippen LogP contribution in [0.15, 0.2) is 99.1 Å². The minimum Gasteiger partial charge on any atom is -0.455 e. The number of sulfone groups is 1. The molecule has 6 aromatic rings. The van der Waals surface area contributed by atoms with Crippen molar-refractivity contribution in [1.82, 2.24) is 10.2 Å². The van der Waals surface area contributed by atoms with Crippen LogP contribution in [0.4, 0.5) is 5.69 Å². The van der Waals surface area contributed by atoms with Gasteiger partial charge < -0.3 is 4.42 Å². The summed E-state index contributed by atoms with van der Waals surface area (Å²) in [4.78, 5) is -0.578. The van der Waals surface area contributed by atoms with Crippen molar-refractivity contribution in [3.05, 3.63) is 84.9 Å². The summed E-state index contributed by atoms with van der Waals surface area (Å²) in [5, 5.41) is 10.1. The van der Waals surface area contributed by atoms with Gasteiger partial charge in [-0.1, -0.05) is 42.5 Å². The Morgan fingerprint density at radius 1 is 0.778 bits per heavy atom. The van der Waals surface area contributed by atoms with E-state index in [9.17, 15) is 16.8 Å². The average molecular weight is 518 g/mol. The molecule has 0 amide bonds. The largest absolute Gasteiger partial charge is 0.455 e. The molecule has 0 atom stereocenters. The molecule has 0 aliphatic rings. The smallest absolute Gasteiger partial charge is 0.263 e. The van der Waals surface area contributed by atoms with Gasteiger partial charge in [0.1, 0.15) is 21.8 Å². The van der Waals surface area contributed by atoms with Crippen molar-refractivity contribution in [2.45, 2.75) is 9.79 Å². The first-order valence-electron chi connectivity index (χ1n) is 10.9. The molecule has 0 spiro atoms. The minimum atomic E-state index is -4.19. The molecule has 6 rings (SSSR count). The van der Waals surface area contributed by atoms with E-state index in [0.717, 1.165) is 28.2 Å². The van der Waals surface area contributed by atoms with E-state index in [1.807, 2.05) is 42.5 Å². The van der Waals surface area contributed by atoms with Crippen LogP contribution in [0, 0.1) is 0 Å². The molecule has 4 aromatic carbocycles. The SMILES string of the molecule is CS(=O)(=O)c1ccccc1S(=O)(=O)Nc1ccc2[nH]nc(-c3cccc4c3oc3ccccc34)c2c1. The molecule has 10 heteroatoms. The highest BCUT2D eigenvalue weighted by atomic mass is 32.2. The molecule has 0 aliphatic carbocycles. The summed E-state index contributed by atoms with van der Waals surface area (Å²) in [7, 11) is -7.94. The number of nitrogens with one attached hydrogen (secondary N) is 2. The highest BCUT2D eigenvalue weighted by Gasteiger charge is 2.24. The van der Waals surface area contributed by atoms with E-state index in [2.05, 4.69) is 14.9 Å². The van der Waals surface area contributed by atoms with Gasteiger partial charge in [0, 0.05) is 33.7 Å². The lowest BCUT2D eigenvalue weighted by atomic mass is 10.0. The Kier molecular flexibility index (Phi) is 4.92. The van der Waals surface area contributed by atoms with Gasteiger partial charge >= 0.3 is 0 Å². The van der Waals surface area contributed by atoms with Gasteiger partial charge in [0.15, 0.2) is 9.84 Å². The van der Waals surface area contributed by atoms with Crippen molar-refractivity contribution in [1.29, 1.82) is 0 Å². The summed E-state index contributed by atoms with van der Waals surface area (Å²) in [6, 6.07) is 24.0. The predicted octanol–water partition coefficient (Wildman–Crippen LogP) is 5.33. The highest BCUT2D eigenvalue weighted by Crippen LogP contribution is 2.38. The molecular formula is C26H19N3O5S2. The number of furan rings is 1. The molecule has 0 aliphatic heterocycles. The molecule has 0 saturated heterocycles. The maximum absolute atomic E-state index is 13.2. The number of nitrogens with zero attached hydrogens (tertiary/aromatic N) is 1. The molecule has 0 saturated carbocycles. The second kappa shape index (κ2) is 7.94. The first-order chi connectivity index (χ1) is 17.2. The Hall–Kier alpha value is -4.15. The first-order valence-corrected chi connectivity index (χ1v) is 14.3. The van der Waals surface area contributed by atoms with E-state index in [0.29, 0.717) is 22.2 Å². The van der Waals surface area contributed by atoms with Gasteiger partial charge in [0.25, 0.3) is 10.0 Å². The second-order valence-electron chi connectivity index (χ2n) is 8.44. The zero-order valence-corrected chi connectivity index (χ0v) is 20.5. The lowest BCUT2D eigenvalue weighted by molar-refractivity contribution is 0.588. The number of aromatic nitrogens is 2.